The van der Waals surface area contributed by atoms with Gasteiger partial charge in [-0.3, -0.25) is 0 Å². The maximum Gasteiger partial charge on any atom is 0.250 e. The third-order valence-corrected chi connectivity index (χ3v) is 4.43. The van der Waals surface area contributed by atoms with Crippen LogP contribution in [0.2, 0.25) is 0 Å². The van der Waals surface area contributed by atoms with E-state index in [1.54, 1.807) is 0 Å². The standard InChI is InChI=1S/C8H10N2O3S2/c1-6(11)5-10-15(12,13)8-3-2-7(4-9)14-8/h2-3,6,10-11H,5H2,1H3. The zero-order valence-electron chi connectivity index (χ0n) is 7.97. The van der Waals surface area contributed by atoms with E-state index in [2.05, 4.69) is 4.72 Å². The van der Waals surface area contributed by atoms with Crippen molar-refractivity contribution in [3.05, 3.63) is 17.0 Å². The Morgan fingerprint density at radius 3 is 2.80 bits per heavy atom. The first-order valence-electron chi connectivity index (χ1n) is 4.13. The van der Waals surface area contributed by atoms with Gasteiger partial charge in [-0.05, 0) is 19.1 Å². The summed E-state index contributed by atoms with van der Waals surface area (Å²) in [5.41, 5.74) is 0. The highest BCUT2D eigenvalue weighted by molar-refractivity contribution is 7.91. The van der Waals surface area contributed by atoms with Crippen LogP contribution in [-0.4, -0.2) is 26.2 Å². The van der Waals surface area contributed by atoms with Gasteiger partial charge in [0.1, 0.15) is 15.2 Å². The summed E-state index contributed by atoms with van der Waals surface area (Å²) in [4.78, 5) is 0.340. The number of hydrogen-bond acceptors (Lipinski definition) is 5. The summed E-state index contributed by atoms with van der Waals surface area (Å²) in [6.07, 6.45) is -0.741. The number of aliphatic hydroxyl groups excluding tert-OH is 1. The predicted molar refractivity (Wildman–Crippen MR) is 55.9 cm³/mol. The van der Waals surface area contributed by atoms with Crippen LogP contribution >= 0.6 is 11.3 Å². The zero-order chi connectivity index (χ0) is 11.5. The molecule has 1 aromatic rings. The molecule has 0 saturated carbocycles. The molecule has 0 amide bonds. The van der Waals surface area contributed by atoms with Crippen LogP contribution in [0.25, 0.3) is 0 Å². The van der Waals surface area contributed by atoms with Crippen molar-refractivity contribution in [2.24, 2.45) is 0 Å². The molecule has 82 valence electrons. The molecule has 0 spiro atoms. The Bertz CT molecular complexity index is 470. The number of hydrogen-bond donors (Lipinski definition) is 2. The average Bonchev–Trinajstić information content (AvgIpc) is 2.63. The fourth-order valence-electron chi connectivity index (χ4n) is 0.826. The van der Waals surface area contributed by atoms with Crippen molar-refractivity contribution in [1.82, 2.24) is 4.72 Å². The number of nitrogens with zero attached hydrogens (tertiary/aromatic N) is 1. The number of rotatable bonds is 4. The van der Waals surface area contributed by atoms with E-state index in [0.717, 1.165) is 11.3 Å². The van der Waals surface area contributed by atoms with E-state index >= 15 is 0 Å². The van der Waals surface area contributed by atoms with E-state index in [-0.39, 0.29) is 10.8 Å². The van der Waals surface area contributed by atoms with Gasteiger partial charge in [0.25, 0.3) is 0 Å². The molecule has 1 rings (SSSR count). The topological polar surface area (TPSA) is 90.2 Å². The van der Waals surface area contributed by atoms with Crippen LogP contribution in [0.15, 0.2) is 16.3 Å². The van der Waals surface area contributed by atoms with Crippen LogP contribution in [-0.2, 0) is 10.0 Å². The van der Waals surface area contributed by atoms with Crippen molar-refractivity contribution in [2.45, 2.75) is 17.2 Å². The van der Waals surface area contributed by atoms with Gasteiger partial charge in [-0.15, -0.1) is 11.3 Å². The number of aliphatic hydroxyl groups is 1. The van der Waals surface area contributed by atoms with Gasteiger partial charge in [0.2, 0.25) is 10.0 Å². The molecule has 7 heteroatoms. The molecule has 2 N–H and O–H groups in total. The van der Waals surface area contributed by atoms with E-state index in [4.69, 9.17) is 10.4 Å². The third-order valence-electron chi connectivity index (χ3n) is 1.53. The minimum Gasteiger partial charge on any atom is -0.392 e. The summed E-state index contributed by atoms with van der Waals surface area (Å²) in [7, 11) is -3.59. The molecule has 0 fully saturated rings. The Morgan fingerprint density at radius 1 is 1.67 bits per heavy atom. The van der Waals surface area contributed by atoms with Crippen molar-refractivity contribution in [1.29, 1.82) is 5.26 Å². The molecule has 15 heavy (non-hydrogen) atoms. The average molecular weight is 246 g/mol. The molecule has 0 saturated heterocycles. The summed E-state index contributed by atoms with van der Waals surface area (Å²) >= 11 is 0.898. The Balaban J connectivity index is 2.83. The lowest BCUT2D eigenvalue weighted by molar-refractivity contribution is 0.198. The van der Waals surface area contributed by atoms with Gasteiger partial charge < -0.3 is 5.11 Å². The fraction of sp³-hybridized carbons (Fsp3) is 0.375. The maximum atomic E-state index is 11.5. The minimum atomic E-state index is -3.59. The Kier molecular flexibility index (Phi) is 3.82. The molecule has 1 aromatic heterocycles. The number of nitriles is 1. The van der Waals surface area contributed by atoms with Crippen LogP contribution in [0.3, 0.4) is 0 Å². The molecule has 0 radical (unpaired) electrons. The highest BCUT2D eigenvalue weighted by Crippen LogP contribution is 2.20. The van der Waals surface area contributed by atoms with E-state index in [1.165, 1.54) is 19.1 Å². The summed E-state index contributed by atoms with van der Waals surface area (Å²) in [5, 5.41) is 17.5. The molecule has 0 aliphatic heterocycles. The van der Waals surface area contributed by atoms with Crippen molar-refractivity contribution >= 4 is 21.4 Å². The lowest BCUT2D eigenvalue weighted by atomic mass is 10.4. The summed E-state index contributed by atoms with van der Waals surface area (Å²) < 4.78 is 25.4. The number of nitrogens with one attached hydrogen (secondary N) is 1. The van der Waals surface area contributed by atoms with Gasteiger partial charge in [-0.25, -0.2) is 13.1 Å². The normalized spacial score (nSPS) is 13.4. The summed E-state index contributed by atoms with van der Waals surface area (Å²) in [6.45, 7) is 1.44. The van der Waals surface area contributed by atoms with Crippen molar-refractivity contribution in [3.63, 3.8) is 0 Å². The van der Waals surface area contributed by atoms with Gasteiger partial charge in [0.05, 0.1) is 6.10 Å². The third kappa shape index (κ3) is 3.28. The van der Waals surface area contributed by atoms with Crippen LogP contribution in [0.1, 0.15) is 11.8 Å². The molecular formula is C8H10N2O3S2. The second kappa shape index (κ2) is 4.72. The van der Waals surface area contributed by atoms with Crippen LogP contribution in [0, 0.1) is 11.3 Å². The highest BCUT2D eigenvalue weighted by Gasteiger charge is 2.16. The van der Waals surface area contributed by atoms with Crippen LogP contribution in [0.5, 0.6) is 0 Å². The van der Waals surface area contributed by atoms with E-state index in [0.29, 0.717) is 4.88 Å². The zero-order valence-corrected chi connectivity index (χ0v) is 9.60. The monoisotopic (exact) mass is 246 g/mol. The quantitative estimate of drug-likeness (QED) is 0.798. The molecule has 0 aliphatic rings. The lowest BCUT2D eigenvalue weighted by Crippen LogP contribution is -2.30. The van der Waals surface area contributed by atoms with Gasteiger partial charge in [-0.1, -0.05) is 0 Å². The molecule has 0 aromatic carbocycles. The van der Waals surface area contributed by atoms with Crippen LogP contribution < -0.4 is 4.72 Å². The number of sulfonamides is 1. The Labute approximate surface area is 92.0 Å². The van der Waals surface area contributed by atoms with Crippen molar-refractivity contribution in [3.8, 4) is 6.07 Å². The summed E-state index contributed by atoms with van der Waals surface area (Å²) in [5.74, 6) is 0. The Hall–Kier alpha value is -0.940. The largest absolute Gasteiger partial charge is 0.392 e. The molecule has 1 heterocycles. The summed E-state index contributed by atoms with van der Waals surface area (Å²) in [6, 6.07) is 4.68. The molecule has 5 nitrogen and oxygen atoms in total. The fourth-order valence-corrected chi connectivity index (χ4v) is 3.10. The SMILES string of the molecule is CC(O)CNS(=O)(=O)c1ccc(C#N)s1. The first-order valence-corrected chi connectivity index (χ1v) is 6.43. The first kappa shape index (κ1) is 12.1. The smallest absolute Gasteiger partial charge is 0.250 e. The van der Waals surface area contributed by atoms with Gasteiger partial charge >= 0.3 is 0 Å². The molecular weight excluding hydrogens is 236 g/mol. The molecule has 0 bridgehead atoms. The minimum absolute atomic E-state index is 0.0396. The molecule has 0 aliphatic carbocycles. The highest BCUT2D eigenvalue weighted by atomic mass is 32.2. The van der Waals surface area contributed by atoms with Crippen LogP contribution in [0.4, 0.5) is 0 Å². The predicted octanol–water partition coefficient (Wildman–Crippen LogP) is 0.279. The lowest BCUT2D eigenvalue weighted by Gasteiger charge is -2.05. The second-order valence-electron chi connectivity index (χ2n) is 2.93. The van der Waals surface area contributed by atoms with Gasteiger partial charge in [-0.2, -0.15) is 5.26 Å². The van der Waals surface area contributed by atoms with Crippen molar-refractivity contribution in [2.75, 3.05) is 6.54 Å². The number of thiophene rings is 1. The van der Waals surface area contributed by atoms with E-state index < -0.39 is 16.1 Å². The molecule has 1 atom stereocenters. The first-order chi connectivity index (χ1) is 6.95. The van der Waals surface area contributed by atoms with E-state index in [9.17, 15) is 8.42 Å². The van der Waals surface area contributed by atoms with Crippen molar-refractivity contribution < 1.29 is 13.5 Å². The van der Waals surface area contributed by atoms with Gasteiger partial charge in [0.15, 0.2) is 0 Å². The van der Waals surface area contributed by atoms with Gasteiger partial charge in [0, 0.05) is 6.54 Å². The Morgan fingerprint density at radius 2 is 2.33 bits per heavy atom. The maximum absolute atomic E-state index is 11.5. The van der Waals surface area contributed by atoms with E-state index in [1.807, 2.05) is 6.07 Å². The second-order valence-corrected chi connectivity index (χ2v) is 6.01. The molecule has 1 unspecified atom stereocenters.